The van der Waals surface area contributed by atoms with E-state index >= 15 is 0 Å². The Morgan fingerprint density at radius 3 is 1.25 bits per heavy atom. The first-order valence-corrected chi connectivity index (χ1v) is 9.00. The second-order valence-corrected chi connectivity index (χ2v) is 0. The number of rotatable bonds is 0. The fraction of sp³-hybridized carbons (Fsp3) is 0. The van der Waals surface area contributed by atoms with Gasteiger partial charge in [0.05, 0.1) is 0 Å². The molecule has 0 rings (SSSR count). The van der Waals surface area contributed by atoms with Gasteiger partial charge in [0, 0.05) is 0 Å². The molecule has 0 spiro atoms. The summed E-state index contributed by atoms with van der Waals surface area (Å²) < 4.78 is 0. The molecule has 20 valence electrons. The van der Waals surface area contributed by atoms with Crippen molar-refractivity contribution in [3.8, 4) is 0 Å². The molecular weight excluding hydrogens is 232 g/mol. The average Bonchev–Trinajstić information content (AvgIpc) is 1.00. The Kier molecular flexibility index (Phi) is 62.5. The normalized spacial score (nSPS) is 2.00. The summed E-state index contributed by atoms with van der Waals surface area (Å²) in [6.45, 7) is 0. The summed E-state index contributed by atoms with van der Waals surface area (Å²) in [7, 11) is 1.44. The van der Waals surface area contributed by atoms with Crippen LogP contribution in [0.15, 0.2) is 0 Å². The van der Waals surface area contributed by atoms with Crippen molar-refractivity contribution in [2.45, 2.75) is 0 Å². The zero-order chi connectivity index (χ0) is 2.00. The molecular formula is H9AlBaCaSi. The molecule has 0 N–H and O–H groups in total. The van der Waals surface area contributed by atoms with E-state index in [2.05, 4.69) is 0 Å². The molecule has 0 amide bonds. The van der Waals surface area contributed by atoms with Gasteiger partial charge in [0.25, 0.3) is 0 Å². The van der Waals surface area contributed by atoms with Crippen LogP contribution in [0.25, 0.3) is 0 Å². The predicted octanol–water partition coefficient (Wildman–Crippen LogP) is -3.93. The summed E-state index contributed by atoms with van der Waals surface area (Å²) in [5.74, 6) is 0. The van der Waals surface area contributed by atoms with Crippen LogP contribution in [0.5, 0.6) is 0 Å². The van der Waals surface area contributed by atoms with Crippen molar-refractivity contribution >= 4 is 111 Å². The van der Waals surface area contributed by atoms with E-state index < -0.39 is 0 Å². The zero-order valence-corrected chi connectivity index (χ0v) is 6.00. The van der Waals surface area contributed by atoms with Crippen molar-refractivity contribution in [3.05, 3.63) is 0 Å². The van der Waals surface area contributed by atoms with Crippen LogP contribution in [0, 0.1) is 0 Å². The molecule has 0 heterocycles. The summed E-state index contributed by atoms with van der Waals surface area (Å²) in [6.07, 6.45) is 0. The molecule has 0 atom stereocenters. The maximum absolute atomic E-state index is 1.44. The van der Waals surface area contributed by atoms with Gasteiger partial charge in [0.1, 0.15) is 0 Å². The van der Waals surface area contributed by atoms with Crippen LogP contribution < -0.4 is 0 Å². The van der Waals surface area contributed by atoms with E-state index in [1.807, 2.05) is 0 Å². The van der Waals surface area contributed by atoms with Crippen molar-refractivity contribution < 1.29 is 0 Å². The van der Waals surface area contributed by atoms with Gasteiger partial charge < -0.3 is 0 Å². The topological polar surface area (TPSA) is 0 Å². The van der Waals surface area contributed by atoms with E-state index in [-0.39, 0.29) is 86.6 Å². The third-order valence-electron chi connectivity index (χ3n) is 0. The van der Waals surface area contributed by atoms with Crippen molar-refractivity contribution in [2.75, 3.05) is 0 Å². The monoisotopic (exact) mass is 242 g/mol. The maximum atomic E-state index is 1.44. The van der Waals surface area contributed by atoms with E-state index in [1.165, 1.54) is 24.4 Å². The van der Waals surface area contributed by atoms with Crippen LogP contribution in [0.2, 0.25) is 0 Å². The van der Waals surface area contributed by atoms with Crippen molar-refractivity contribution in [1.82, 2.24) is 0 Å². The minimum absolute atomic E-state index is 0. The van der Waals surface area contributed by atoms with Crippen molar-refractivity contribution in [3.63, 3.8) is 0 Å². The van der Waals surface area contributed by atoms with Crippen molar-refractivity contribution in [1.29, 1.82) is 0 Å². The Morgan fingerprint density at radius 2 is 1.25 bits per heavy atom. The van der Waals surface area contributed by atoms with Gasteiger partial charge in [-0.15, -0.1) is 0 Å². The van der Waals surface area contributed by atoms with Crippen molar-refractivity contribution in [2.24, 2.45) is 0 Å². The quantitative estimate of drug-likeness (QED) is 0.380. The van der Waals surface area contributed by atoms with Gasteiger partial charge in [-0.3, -0.25) is 0 Å². The van der Waals surface area contributed by atoms with Gasteiger partial charge in [0.2, 0.25) is 0 Å². The molecule has 0 aromatic carbocycles. The summed E-state index contributed by atoms with van der Waals surface area (Å²) >= 11 is 1.44. The van der Waals surface area contributed by atoms with E-state index in [9.17, 15) is 0 Å². The molecule has 0 nitrogen and oxygen atoms in total. The summed E-state index contributed by atoms with van der Waals surface area (Å²) in [4.78, 5) is 0. The molecule has 0 fully saturated rings. The molecule has 0 saturated carbocycles. The van der Waals surface area contributed by atoms with Crippen LogP contribution >= 0.6 is 0 Å². The van der Waals surface area contributed by atoms with E-state index in [0.717, 1.165) is 0 Å². The van der Waals surface area contributed by atoms with Gasteiger partial charge in [-0.25, -0.2) is 0 Å². The first kappa shape index (κ1) is 15.6. The third-order valence-corrected chi connectivity index (χ3v) is 0. The van der Waals surface area contributed by atoms with Crippen LogP contribution in [0.4, 0.5) is 0 Å². The Balaban J connectivity index is -0.00000000500. The third kappa shape index (κ3) is 9.13. The molecule has 0 unspecified atom stereocenters. The molecule has 4 heavy (non-hydrogen) atoms. The Hall–Kier alpha value is 3.58. The molecule has 0 aromatic heterocycles. The number of hydrogen-bond donors (Lipinski definition) is 0. The molecule has 4 heteroatoms. The van der Waals surface area contributed by atoms with Crippen LogP contribution in [-0.4, -0.2) is 111 Å². The molecule has 0 aromatic rings. The number of hydrogen-bond acceptors (Lipinski definition) is 0. The molecule has 0 aliphatic rings. The molecule has 0 radical (unpaired) electrons. The van der Waals surface area contributed by atoms with Gasteiger partial charge in [-0.2, -0.15) is 0 Å². The van der Waals surface area contributed by atoms with Gasteiger partial charge >= 0.3 is 86.6 Å². The second kappa shape index (κ2) is 16.0. The first-order chi connectivity index (χ1) is 1.00. The molecule has 0 bridgehead atoms. The molecule has 0 saturated heterocycles. The predicted molar refractivity (Wildman–Crippen MR) is 35.6 cm³/mol. The first-order valence-electron chi connectivity index (χ1n) is 1.00. The Labute approximate surface area is 108 Å². The van der Waals surface area contributed by atoms with Gasteiger partial charge in [-0.05, 0) is 0 Å². The van der Waals surface area contributed by atoms with Gasteiger partial charge in [-0.1, -0.05) is 8.80 Å². The Morgan fingerprint density at radius 1 is 1.25 bits per heavy atom. The SMILES string of the molecule is [AlH2][SiH3].[BaH2].[CaH2]. The van der Waals surface area contributed by atoms with Crippen LogP contribution in [0.3, 0.4) is 0 Å². The minimum atomic E-state index is 0. The standard InChI is InChI=1S/Al.Ba.Ca.H3Si.6H/h;;;1H3;;;;;;. The average molecular weight is 242 g/mol. The van der Waals surface area contributed by atoms with E-state index in [0.29, 0.717) is 0 Å². The van der Waals surface area contributed by atoms with E-state index in [1.54, 1.807) is 0 Å². The summed E-state index contributed by atoms with van der Waals surface area (Å²) in [5, 5.41) is 0. The Bertz CT molecular complexity index is 8.00. The van der Waals surface area contributed by atoms with Gasteiger partial charge in [0.15, 0.2) is 15.6 Å². The molecule has 0 aliphatic carbocycles. The van der Waals surface area contributed by atoms with Crippen LogP contribution in [0.1, 0.15) is 0 Å². The fourth-order valence-corrected chi connectivity index (χ4v) is 0. The zero-order valence-electron chi connectivity index (χ0n) is 2.00. The fourth-order valence-electron chi connectivity index (χ4n) is 0. The molecule has 0 aliphatic heterocycles. The summed E-state index contributed by atoms with van der Waals surface area (Å²) in [6, 6.07) is 0. The van der Waals surface area contributed by atoms with E-state index in [4.69, 9.17) is 0 Å². The summed E-state index contributed by atoms with van der Waals surface area (Å²) in [5.41, 5.74) is 0. The second-order valence-electron chi connectivity index (χ2n) is 0. The van der Waals surface area contributed by atoms with Crippen LogP contribution in [-0.2, 0) is 0 Å².